The van der Waals surface area contributed by atoms with Gasteiger partial charge in [0.05, 0.1) is 6.04 Å². The van der Waals surface area contributed by atoms with Crippen molar-refractivity contribution in [2.45, 2.75) is 25.6 Å². The Morgan fingerprint density at radius 3 is 2.44 bits per heavy atom. The molecule has 18 heavy (non-hydrogen) atoms. The van der Waals surface area contributed by atoms with Gasteiger partial charge in [-0.15, -0.1) is 12.4 Å². The van der Waals surface area contributed by atoms with Gasteiger partial charge in [-0.2, -0.15) is 11.8 Å². The maximum absolute atomic E-state index is 12.1. The zero-order chi connectivity index (χ0) is 12.3. The van der Waals surface area contributed by atoms with Gasteiger partial charge in [0.15, 0.2) is 0 Å². The highest BCUT2D eigenvalue weighted by atomic mass is 35.5. The third-order valence-electron chi connectivity index (χ3n) is 3.10. The Balaban J connectivity index is 0.00000162. The maximum Gasteiger partial charge on any atom is 0.240 e. The summed E-state index contributed by atoms with van der Waals surface area (Å²) >= 11 is 1.73. The van der Waals surface area contributed by atoms with E-state index in [2.05, 4.69) is 12.1 Å². The Labute approximate surface area is 119 Å². The summed E-state index contributed by atoms with van der Waals surface area (Å²) in [6.45, 7) is 1.42. The standard InChI is InChI=1S/C13H18N2OS.ClH/c1-17-7-6-12(14)13(16)15-8-10-4-2-3-5-11(10)9-15;/h2-5,12H,6-9,14H2,1H3;1H/t12-;/m0./s1. The minimum absolute atomic E-state index is 0. The van der Waals surface area contributed by atoms with E-state index < -0.39 is 0 Å². The molecule has 0 spiro atoms. The number of nitrogens with two attached hydrogens (primary N) is 1. The van der Waals surface area contributed by atoms with Crippen molar-refractivity contribution in [1.29, 1.82) is 0 Å². The van der Waals surface area contributed by atoms with E-state index in [0.717, 1.165) is 12.2 Å². The molecule has 1 heterocycles. The van der Waals surface area contributed by atoms with Crippen molar-refractivity contribution >= 4 is 30.1 Å². The zero-order valence-electron chi connectivity index (χ0n) is 10.5. The highest BCUT2D eigenvalue weighted by Gasteiger charge is 2.26. The Morgan fingerprint density at radius 2 is 1.94 bits per heavy atom. The maximum atomic E-state index is 12.1. The normalized spacial score (nSPS) is 14.9. The molecule has 2 N–H and O–H groups in total. The summed E-state index contributed by atoms with van der Waals surface area (Å²) in [5.41, 5.74) is 8.41. The number of rotatable bonds is 4. The molecule has 0 bridgehead atoms. The van der Waals surface area contributed by atoms with Gasteiger partial charge in [0.2, 0.25) is 5.91 Å². The van der Waals surface area contributed by atoms with E-state index in [0.29, 0.717) is 13.1 Å². The van der Waals surface area contributed by atoms with Gasteiger partial charge in [0, 0.05) is 13.1 Å². The summed E-state index contributed by atoms with van der Waals surface area (Å²) in [4.78, 5) is 14.0. The molecule has 0 saturated carbocycles. The van der Waals surface area contributed by atoms with Gasteiger partial charge in [-0.05, 0) is 29.6 Å². The van der Waals surface area contributed by atoms with Crippen molar-refractivity contribution in [1.82, 2.24) is 4.90 Å². The first kappa shape index (κ1) is 15.3. The largest absolute Gasteiger partial charge is 0.333 e. The summed E-state index contributed by atoms with van der Waals surface area (Å²) in [6, 6.07) is 7.84. The first-order valence-electron chi connectivity index (χ1n) is 5.82. The molecule has 100 valence electrons. The summed E-state index contributed by atoms with van der Waals surface area (Å²) < 4.78 is 0. The van der Waals surface area contributed by atoms with Crippen molar-refractivity contribution < 1.29 is 4.79 Å². The van der Waals surface area contributed by atoms with Gasteiger partial charge < -0.3 is 10.6 Å². The van der Waals surface area contributed by atoms with Crippen LogP contribution in [0.4, 0.5) is 0 Å². The van der Waals surface area contributed by atoms with Crippen molar-refractivity contribution in [2.24, 2.45) is 5.73 Å². The highest BCUT2D eigenvalue weighted by Crippen LogP contribution is 2.22. The lowest BCUT2D eigenvalue weighted by atomic mass is 10.1. The molecule has 1 amide bonds. The average Bonchev–Trinajstić information content (AvgIpc) is 2.78. The Bertz CT molecular complexity index is 389. The molecule has 1 aliphatic heterocycles. The molecule has 1 aromatic rings. The molecule has 1 atom stereocenters. The third kappa shape index (κ3) is 3.40. The van der Waals surface area contributed by atoms with Crippen molar-refractivity contribution in [3.05, 3.63) is 35.4 Å². The van der Waals surface area contributed by atoms with Gasteiger partial charge in [0.1, 0.15) is 0 Å². The summed E-state index contributed by atoms with van der Waals surface area (Å²) in [7, 11) is 0. The van der Waals surface area contributed by atoms with E-state index in [-0.39, 0.29) is 24.4 Å². The van der Waals surface area contributed by atoms with Crippen LogP contribution in [0.2, 0.25) is 0 Å². The van der Waals surface area contributed by atoms with Gasteiger partial charge >= 0.3 is 0 Å². The monoisotopic (exact) mass is 286 g/mol. The number of nitrogens with zero attached hydrogens (tertiary/aromatic N) is 1. The Kier molecular flexibility index (Phi) is 5.99. The summed E-state index contributed by atoms with van der Waals surface area (Å²) in [6.07, 6.45) is 2.79. The van der Waals surface area contributed by atoms with Crippen LogP contribution in [0.5, 0.6) is 0 Å². The molecular formula is C13H19ClN2OS. The van der Waals surface area contributed by atoms with Gasteiger partial charge in [-0.1, -0.05) is 24.3 Å². The van der Waals surface area contributed by atoms with Crippen LogP contribution in [0.1, 0.15) is 17.5 Å². The SMILES string of the molecule is CSCC[C@H](N)C(=O)N1Cc2ccccc2C1.Cl. The number of fused-ring (bicyclic) bond motifs is 1. The highest BCUT2D eigenvalue weighted by molar-refractivity contribution is 7.98. The molecule has 1 aliphatic rings. The zero-order valence-corrected chi connectivity index (χ0v) is 12.1. The summed E-state index contributed by atoms with van der Waals surface area (Å²) in [5, 5.41) is 0. The molecule has 0 fully saturated rings. The number of benzene rings is 1. The van der Waals surface area contributed by atoms with Gasteiger partial charge in [-0.3, -0.25) is 4.79 Å². The van der Waals surface area contributed by atoms with Crippen molar-refractivity contribution in [3.8, 4) is 0 Å². The lowest BCUT2D eigenvalue weighted by Crippen LogP contribution is -2.41. The minimum atomic E-state index is -0.350. The second kappa shape index (κ2) is 7.02. The number of amides is 1. The number of carbonyl (C=O) groups is 1. The second-order valence-electron chi connectivity index (χ2n) is 4.35. The van der Waals surface area contributed by atoms with Crippen LogP contribution in [-0.4, -0.2) is 28.9 Å². The number of thioether (sulfide) groups is 1. The molecule has 3 nitrogen and oxygen atoms in total. The van der Waals surface area contributed by atoms with Gasteiger partial charge in [0.25, 0.3) is 0 Å². The Morgan fingerprint density at radius 1 is 1.39 bits per heavy atom. The molecule has 0 unspecified atom stereocenters. The molecule has 0 aliphatic carbocycles. The fraction of sp³-hybridized carbons (Fsp3) is 0.462. The van der Waals surface area contributed by atoms with Crippen LogP contribution in [-0.2, 0) is 17.9 Å². The van der Waals surface area contributed by atoms with Crippen LogP contribution >= 0.6 is 24.2 Å². The van der Waals surface area contributed by atoms with Crippen LogP contribution in [0.3, 0.4) is 0 Å². The van der Waals surface area contributed by atoms with Gasteiger partial charge in [-0.25, -0.2) is 0 Å². The number of hydrogen-bond donors (Lipinski definition) is 1. The molecule has 0 radical (unpaired) electrons. The minimum Gasteiger partial charge on any atom is -0.333 e. The van der Waals surface area contributed by atoms with E-state index in [1.807, 2.05) is 23.3 Å². The van der Waals surface area contributed by atoms with Crippen LogP contribution in [0.25, 0.3) is 0 Å². The topological polar surface area (TPSA) is 46.3 Å². The first-order chi connectivity index (χ1) is 8.22. The fourth-order valence-corrected chi connectivity index (χ4v) is 2.58. The average molecular weight is 287 g/mol. The van der Waals surface area contributed by atoms with Crippen molar-refractivity contribution in [3.63, 3.8) is 0 Å². The smallest absolute Gasteiger partial charge is 0.240 e. The van der Waals surface area contributed by atoms with Crippen LogP contribution in [0.15, 0.2) is 24.3 Å². The predicted octanol–water partition coefficient (Wildman–Crippen LogP) is 2.03. The lowest BCUT2D eigenvalue weighted by Gasteiger charge is -2.20. The number of carbonyl (C=O) groups excluding carboxylic acids is 1. The van der Waals surface area contributed by atoms with E-state index >= 15 is 0 Å². The molecule has 1 aromatic carbocycles. The second-order valence-corrected chi connectivity index (χ2v) is 5.34. The van der Waals surface area contributed by atoms with E-state index in [1.165, 1.54) is 11.1 Å². The first-order valence-corrected chi connectivity index (χ1v) is 7.22. The number of hydrogen-bond acceptors (Lipinski definition) is 3. The molecule has 0 aromatic heterocycles. The quantitative estimate of drug-likeness (QED) is 0.921. The molecule has 5 heteroatoms. The number of halogens is 1. The lowest BCUT2D eigenvalue weighted by molar-refractivity contribution is -0.133. The Hall–Kier alpha value is -0.710. The van der Waals surface area contributed by atoms with E-state index in [4.69, 9.17) is 5.73 Å². The molecular weight excluding hydrogens is 268 g/mol. The van der Waals surface area contributed by atoms with E-state index in [1.54, 1.807) is 11.8 Å². The van der Waals surface area contributed by atoms with Crippen LogP contribution in [0, 0.1) is 0 Å². The van der Waals surface area contributed by atoms with Crippen LogP contribution < -0.4 is 5.73 Å². The molecule has 2 rings (SSSR count). The van der Waals surface area contributed by atoms with E-state index in [9.17, 15) is 4.79 Å². The van der Waals surface area contributed by atoms with Crippen molar-refractivity contribution in [2.75, 3.05) is 12.0 Å². The predicted molar refractivity (Wildman–Crippen MR) is 78.9 cm³/mol. The summed E-state index contributed by atoms with van der Waals surface area (Å²) in [5.74, 6) is 1.02. The third-order valence-corrected chi connectivity index (χ3v) is 3.75. The fourth-order valence-electron chi connectivity index (χ4n) is 2.09. The molecule has 0 saturated heterocycles.